The van der Waals surface area contributed by atoms with Crippen LogP contribution in [0.3, 0.4) is 0 Å². The first-order valence-corrected chi connectivity index (χ1v) is 7.94. The van der Waals surface area contributed by atoms with Crippen molar-refractivity contribution in [1.82, 2.24) is 15.6 Å². The van der Waals surface area contributed by atoms with Crippen LogP contribution in [-0.4, -0.2) is 24.0 Å². The van der Waals surface area contributed by atoms with Crippen LogP contribution in [0.2, 0.25) is 0 Å². The van der Waals surface area contributed by atoms with Gasteiger partial charge in [-0.3, -0.25) is 9.78 Å². The Morgan fingerprint density at radius 1 is 1.23 bits per heavy atom. The number of carbonyl (C=O) groups is 1. The van der Waals surface area contributed by atoms with Crippen molar-refractivity contribution in [3.8, 4) is 0 Å². The Kier molecular flexibility index (Phi) is 2.98. The van der Waals surface area contributed by atoms with Gasteiger partial charge in [-0.15, -0.1) is 0 Å². The zero-order valence-corrected chi connectivity index (χ0v) is 13.0. The number of hydrogen-bond acceptors (Lipinski definition) is 3. The number of pyridine rings is 1. The van der Waals surface area contributed by atoms with E-state index < -0.39 is 5.54 Å². The average Bonchev–Trinajstić information content (AvgIpc) is 3.00. The number of piperidine rings is 1. The monoisotopic (exact) mass is 295 g/mol. The topological polar surface area (TPSA) is 54.0 Å². The summed E-state index contributed by atoms with van der Waals surface area (Å²) in [5.74, 6) is 1.47. The molecule has 2 fully saturated rings. The number of nitrogens with one attached hydrogen (secondary N) is 2. The van der Waals surface area contributed by atoms with Gasteiger partial charge in [0.05, 0.1) is 5.54 Å². The highest BCUT2D eigenvalue weighted by Gasteiger charge is 2.57. The Balaban J connectivity index is 1.61. The van der Waals surface area contributed by atoms with Gasteiger partial charge in [0.25, 0.3) is 0 Å². The molecule has 2 aromatic rings. The van der Waals surface area contributed by atoms with Gasteiger partial charge in [-0.05, 0) is 44.2 Å². The fourth-order valence-corrected chi connectivity index (χ4v) is 3.88. The van der Waals surface area contributed by atoms with Gasteiger partial charge in [0.2, 0.25) is 5.91 Å². The molecule has 1 aromatic heterocycles. The molecule has 1 saturated carbocycles. The van der Waals surface area contributed by atoms with E-state index in [1.54, 1.807) is 0 Å². The lowest BCUT2D eigenvalue weighted by molar-refractivity contribution is -0.124. The summed E-state index contributed by atoms with van der Waals surface area (Å²) in [6, 6.07) is 8.19. The second-order valence-electron chi connectivity index (χ2n) is 7.03. The molecule has 2 N–H and O–H groups in total. The standard InChI is InChI=1S/C18H21N3O/c1-18(2,21-17(22)16-13-8-20-9-14(13)16)15-10-19-7-11-5-3-4-6-12(11)15/h3-7,10,13-14,16,20H,8-9H2,1-2H3,(H,21,22)/t13-,14+,16?. The predicted molar refractivity (Wildman–Crippen MR) is 86.3 cm³/mol. The molecule has 1 aliphatic carbocycles. The minimum Gasteiger partial charge on any atom is -0.347 e. The number of nitrogens with zero attached hydrogens (tertiary/aromatic N) is 1. The SMILES string of the molecule is CC(C)(NC(=O)C1[C@H]2CNC[C@@H]12)c1cncc2ccccc12. The molecule has 114 valence electrons. The second kappa shape index (κ2) is 4.78. The quantitative estimate of drug-likeness (QED) is 0.911. The number of aromatic nitrogens is 1. The number of rotatable bonds is 3. The Hall–Kier alpha value is -1.94. The Morgan fingerprint density at radius 2 is 1.95 bits per heavy atom. The summed E-state index contributed by atoms with van der Waals surface area (Å²) in [4.78, 5) is 16.9. The van der Waals surface area contributed by atoms with E-state index >= 15 is 0 Å². The van der Waals surface area contributed by atoms with Crippen LogP contribution in [0.4, 0.5) is 0 Å². The van der Waals surface area contributed by atoms with Crippen molar-refractivity contribution in [3.63, 3.8) is 0 Å². The molecule has 3 atom stereocenters. The van der Waals surface area contributed by atoms with Crippen molar-refractivity contribution >= 4 is 16.7 Å². The van der Waals surface area contributed by atoms with Gasteiger partial charge in [-0.25, -0.2) is 0 Å². The summed E-state index contributed by atoms with van der Waals surface area (Å²) in [7, 11) is 0. The van der Waals surface area contributed by atoms with Crippen LogP contribution in [0.5, 0.6) is 0 Å². The molecule has 1 unspecified atom stereocenters. The number of carbonyl (C=O) groups excluding carboxylic acids is 1. The van der Waals surface area contributed by atoms with Crippen LogP contribution in [0.15, 0.2) is 36.7 Å². The molecule has 1 aromatic carbocycles. The molecule has 0 bridgehead atoms. The fraction of sp³-hybridized carbons (Fsp3) is 0.444. The van der Waals surface area contributed by atoms with E-state index in [4.69, 9.17) is 0 Å². The Labute approximate surface area is 130 Å². The zero-order valence-electron chi connectivity index (χ0n) is 13.0. The molecule has 1 aliphatic heterocycles. The molecule has 2 heterocycles. The lowest BCUT2D eigenvalue weighted by Crippen LogP contribution is -2.43. The molecule has 1 amide bonds. The number of amides is 1. The van der Waals surface area contributed by atoms with Crippen molar-refractivity contribution in [2.24, 2.45) is 17.8 Å². The summed E-state index contributed by atoms with van der Waals surface area (Å²) < 4.78 is 0. The number of benzene rings is 1. The summed E-state index contributed by atoms with van der Waals surface area (Å²) in [5.41, 5.74) is 0.651. The van der Waals surface area contributed by atoms with Crippen LogP contribution >= 0.6 is 0 Å². The highest BCUT2D eigenvalue weighted by atomic mass is 16.2. The maximum Gasteiger partial charge on any atom is 0.224 e. The van der Waals surface area contributed by atoms with Crippen molar-refractivity contribution in [2.45, 2.75) is 19.4 Å². The van der Waals surface area contributed by atoms with Gasteiger partial charge in [0.1, 0.15) is 0 Å². The maximum absolute atomic E-state index is 12.6. The number of hydrogen-bond donors (Lipinski definition) is 2. The second-order valence-corrected chi connectivity index (χ2v) is 7.03. The van der Waals surface area contributed by atoms with Crippen molar-refractivity contribution in [1.29, 1.82) is 0 Å². The normalized spacial score (nSPS) is 26.7. The first-order chi connectivity index (χ1) is 10.6. The van der Waals surface area contributed by atoms with Crippen LogP contribution in [-0.2, 0) is 10.3 Å². The first-order valence-electron chi connectivity index (χ1n) is 7.94. The van der Waals surface area contributed by atoms with E-state index in [2.05, 4.69) is 41.6 Å². The molecule has 22 heavy (non-hydrogen) atoms. The minimum absolute atomic E-state index is 0.189. The first kappa shape index (κ1) is 13.7. The number of fused-ring (bicyclic) bond motifs is 2. The Bertz CT molecular complexity index is 725. The summed E-state index contributed by atoms with van der Waals surface area (Å²) >= 11 is 0. The van der Waals surface area contributed by atoms with Gasteiger partial charge >= 0.3 is 0 Å². The molecule has 0 spiro atoms. The molecular weight excluding hydrogens is 274 g/mol. The highest BCUT2D eigenvalue weighted by molar-refractivity contribution is 5.87. The smallest absolute Gasteiger partial charge is 0.224 e. The van der Waals surface area contributed by atoms with E-state index in [1.807, 2.05) is 24.5 Å². The minimum atomic E-state index is -0.421. The Morgan fingerprint density at radius 3 is 2.73 bits per heavy atom. The van der Waals surface area contributed by atoms with Gasteiger partial charge in [0.15, 0.2) is 0 Å². The van der Waals surface area contributed by atoms with E-state index in [9.17, 15) is 4.79 Å². The molecule has 0 radical (unpaired) electrons. The predicted octanol–water partition coefficient (Wildman–Crippen LogP) is 2.05. The molecule has 4 heteroatoms. The van der Waals surface area contributed by atoms with Gasteiger partial charge in [-0.2, -0.15) is 0 Å². The van der Waals surface area contributed by atoms with E-state index in [0.29, 0.717) is 11.8 Å². The van der Waals surface area contributed by atoms with E-state index in [-0.39, 0.29) is 11.8 Å². The van der Waals surface area contributed by atoms with Crippen molar-refractivity contribution in [2.75, 3.05) is 13.1 Å². The molecule has 1 saturated heterocycles. The highest BCUT2D eigenvalue weighted by Crippen LogP contribution is 2.49. The van der Waals surface area contributed by atoms with Crippen molar-refractivity contribution in [3.05, 3.63) is 42.2 Å². The summed E-state index contributed by atoms with van der Waals surface area (Å²) in [5, 5.41) is 8.84. The third kappa shape index (κ3) is 2.10. The molecular formula is C18H21N3O. The molecule has 2 aliphatic rings. The van der Waals surface area contributed by atoms with Crippen LogP contribution in [0, 0.1) is 17.8 Å². The average molecular weight is 295 g/mol. The van der Waals surface area contributed by atoms with Crippen LogP contribution in [0.1, 0.15) is 19.4 Å². The summed E-state index contributed by atoms with van der Waals surface area (Å²) in [6.45, 7) is 6.09. The van der Waals surface area contributed by atoms with E-state index in [0.717, 1.165) is 29.4 Å². The van der Waals surface area contributed by atoms with Crippen LogP contribution < -0.4 is 10.6 Å². The summed E-state index contributed by atoms with van der Waals surface area (Å²) in [6.07, 6.45) is 3.74. The fourth-order valence-electron chi connectivity index (χ4n) is 3.88. The zero-order chi connectivity index (χ0) is 15.3. The lowest BCUT2D eigenvalue weighted by atomic mass is 9.91. The van der Waals surface area contributed by atoms with Gasteiger partial charge < -0.3 is 10.6 Å². The van der Waals surface area contributed by atoms with E-state index in [1.165, 1.54) is 0 Å². The third-order valence-corrected chi connectivity index (χ3v) is 5.17. The largest absolute Gasteiger partial charge is 0.347 e. The van der Waals surface area contributed by atoms with Gasteiger partial charge in [-0.1, -0.05) is 24.3 Å². The maximum atomic E-state index is 12.6. The third-order valence-electron chi connectivity index (χ3n) is 5.17. The lowest BCUT2D eigenvalue weighted by Gasteiger charge is -2.28. The molecule has 4 nitrogen and oxygen atoms in total. The van der Waals surface area contributed by atoms with Crippen molar-refractivity contribution < 1.29 is 4.79 Å². The van der Waals surface area contributed by atoms with Gasteiger partial charge in [0, 0.05) is 29.3 Å². The molecule has 4 rings (SSSR count). The van der Waals surface area contributed by atoms with Crippen LogP contribution in [0.25, 0.3) is 10.8 Å².